The summed E-state index contributed by atoms with van der Waals surface area (Å²) in [4.78, 5) is 0. The third-order valence-corrected chi connectivity index (χ3v) is 3.57. The van der Waals surface area contributed by atoms with Gasteiger partial charge in [0.1, 0.15) is 12.4 Å². The smallest absolute Gasteiger partial charge is 0.122 e. The fourth-order valence-corrected chi connectivity index (χ4v) is 2.15. The SMILES string of the molecule is CCc1ccccc1OC/C=C(\C)CCC=C1COC1. The summed E-state index contributed by atoms with van der Waals surface area (Å²) in [6, 6.07) is 8.25. The zero-order chi connectivity index (χ0) is 14.2. The van der Waals surface area contributed by atoms with Crippen molar-refractivity contribution >= 4 is 0 Å². The second kappa shape index (κ2) is 7.91. The zero-order valence-electron chi connectivity index (χ0n) is 12.5. The maximum atomic E-state index is 5.85. The average Bonchev–Trinajstić information content (AvgIpc) is 2.42. The van der Waals surface area contributed by atoms with Crippen molar-refractivity contribution < 1.29 is 9.47 Å². The van der Waals surface area contributed by atoms with E-state index in [0.717, 1.165) is 38.2 Å². The van der Waals surface area contributed by atoms with Crippen LogP contribution in [0, 0.1) is 0 Å². The van der Waals surface area contributed by atoms with Gasteiger partial charge in [-0.05, 0) is 49.5 Å². The molecule has 0 bridgehead atoms. The van der Waals surface area contributed by atoms with Gasteiger partial charge in [-0.1, -0.05) is 36.8 Å². The Hall–Kier alpha value is -1.54. The molecule has 2 rings (SSSR count). The van der Waals surface area contributed by atoms with E-state index in [1.165, 1.54) is 16.7 Å². The minimum Gasteiger partial charge on any atom is -0.489 e. The molecular formula is C18H24O2. The van der Waals surface area contributed by atoms with E-state index in [0.29, 0.717) is 6.61 Å². The third kappa shape index (κ3) is 4.53. The largest absolute Gasteiger partial charge is 0.489 e. The molecule has 0 spiro atoms. The molecule has 0 amide bonds. The van der Waals surface area contributed by atoms with Gasteiger partial charge in [0, 0.05) is 0 Å². The third-order valence-electron chi connectivity index (χ3n) is 3.57. The van der Waals surface area contributed by atoms with Gasteiger partial charge in [-0.2, -0.15) is 0 Å². The minimum atomic E-state index is 0.655. The van der Waals surface area contributed by atoms with E-state index in [9.17, 15) is 0 Å². The van der Waals surface area contributed by atoms with Crippen molar-refractivity contribution in [3.63, 3.8) is 0 Å². The van der Waals surface area contributed by atoms with Gasteiger partial charge in [-0.25, -0.2) is 0 Å². The molecule has 2 heteroatoms. The molecule has 1 fully saturated rings. The number of rotatable bonds is 7. The van der Waals surface area contributed by atoms with Crippen LogP contribution in [0.25, 0.3) is 0 Å². The number of aryl methyl sites for hydroxylation is 1. The van der Waals surface area contributed by atoms with Crippen molar-refractivity contribution in [1.82, 2.24) is 0 Å². The molecule has 2 nitrogen and oxygen atoms in total. The Morgan fingerprint density at radius 1 is 1.30 bits per heavy atom. The lowest BCUT2D eigenvalue weighted by Crippen LogP contribution is -2.15. The van der Waals surface area contributed by atoms with E-state index in [-0.39, 0.29) is 0 Å². The molecule has 0 unspecified atom stereocenters. The minimum absolute atomic E-state index is 0.655. The van der Waals surface area contributed by atoms with Gasteiger partial charge in [-0.3, -0.25) is 0 Å². The Kier molecular flexibility index (Phi) is 5.87. The predicted octanol–water partition coefficient (Wildman–Crippen LogP) is 4.31. The highest BCUT2D eigenvalue weighted by Crippen LogP contribution is 2.18. The van der Waals surface area contributed by atoms with Gasteiger partial charge >= 0.3 is 0 Å². The average molecular weight is 272 g/mol. The summed E-state index contributed by atoms with van der Waals surface area (Å²) in [5.74, 6) is 1.01. The number of ether oxygens (including phenoxy) is 2. The lowest BCUT2D eigenvalue weighted by atomic mass is 10.1. The quantitative estimate of drug-likeness (QED) is 0.689. The van der Waals surface area contributed by atoms with Crippen molar-refractivity contribution in [2.45, 2.75) is 33.1 Å². The number of hydrogen-bond donors (Lipinski definition) is 0. The van der Waals surface area contributed by atoms with Crippen LogP contribution in [0.1, 0.15) is 32.3 Å². The first-order valence-corrected chi connectivity index (χ1v) is 7.41. The molecule has 0 saturated carbocycles. The van der Waals surface area contributed by atoms with Crippen LogP contribution in [0.2, 0.25) is 0 Å². The second-order valence-electron chi connectivity index (χ2n) is 5.22. The first-order valence-electron chi connectivity index (χ1n) is 7.41. The van der Waals surface area contributed by atoms with E-state index >= 15 is 0 Å². The van der Waals surface area contributed by atoms with Gasteiger partial charge in [0.2, 0.25) is 0 Å². The lowest BCUT2D eigenvalue weighted by Gasteiger charge is -2.17. The molecule has 0 aromatic heterocycles. The topological polar surface area (TPSA) is 18.5 Å². The maximum absolute atomic E-state index is 5.85. The van der Waals surface area contributed by atoms with E-state index in [2.05, 4.69) is 38.1 Å². The van der Waals surface area contributed by atoms with Crippen LogP contribution >= 0.6 is 0 Å². The molecule has 0 radical (unpaired) electrons. The summed E-state index contributed by atoms with van der Waals surface area (Å²) >= 11 is 0. The molecule has 0 atom stereocenters. The molecule has 108 valence electrons. The summed E-state index contributed by atoms with van der Waals surface area (Å²) < 4.78 is 11.0. The Balaban J connectivity index is 1.74. The summed E-state index contributed by atoms with van der Waals surface area (Å²) in [6.07, 6.45) is 7.69. The van der Waals surface area contributed by atoms with Crippen LogP contribution in [0.15, 0.2) is 47.6 Å². The fraction of sp³-hybridized carbons (Fsp3) is 0.444. The fourth-order valence-electron chi connectivity index (χ4n) is 2.15. The van der Waals surface area contributed by atoms with Gasteiger partial charge in [0.05, 0.1) is 13.2 Å². The Labute approximate surface area is 122 Å². The molecule has 1 saturated heterocycles. The highest BCUT2D eigenvalue weighted by molar-refractivity contribution is 5.33. The van der Waals surface area contributed by atoms with Crippen LogP contribution in [0.5, 0.6) is 5.75 Å². The molecule has 1 aromatic rings. The van der Waals surface area contributed by atoms with Crippen LogP contribution in [0.3, 0.4) is 0 Å². The molecule has 1 aromatic carbocycles. The van der Waals surface area contributed by atoms with Gasteiger partial charge in [-0.15, -0.1) is 0 Å². The summed E-state index contributed by atoms with van der Waals surface area (Å²) in [5, 5.41) is 0. The molecule has 1 heterocycles. The number of allylic oxidation sites excluding steroid dienone is 2. The number of para-hydroxylation sites is 1. The van der Waals surface area contributed by atoms with Crippen molar-refractivity contribution in [3.05, 3.63) is 53.1 Å². The highest BCUT2D eigenvalue weighted by Gasteiger charge is 2.06. The summed E-state index contributed by atoms with van der Waals surface area (Å²) in [6.45, 7) is 6.65. The highest BCUT2D eigenvalue weighted by atomic mass is 16.5. The standard InChI is InChI=1S/C18H24O2/c1-3-17-9-4-5-10-18(17)20-12-11-15(2)7-6-8-16-13-19-14-16/h4-5,8-11H,3,6-7,12-14H2,1-2H3/b15-11+. The first-order chi connectivity index (χ1) is 9.79. The second-order valence-corrected chi connectivity index (χ2v) is 5.22. The molecule has 1 aliphatic rings. The summed E-state index contributed by atoms with van der Waals surface area (Å²) in [7, 11) is 0. The number of benzene rings is 1. The molecule has 1 aliphatic heterocycles. The van der Waals surface area contributed by atoms with E-state index in [1.54, 1.807) is 0 Å². The monoisotopic (exact) mass is 272 g/mol. The van der Waals surface area contributed by atoms with Crippen LogP contribution in [0.4, 0.5) is 0 Å². The van der Waals surface area contributed by atoms with E-state index < -0.39 is 0 Å². The van der Waals surface area contributed by atoms with Crippen LogP contribution in [-0.2, 0) is 11.2 Å². The van der Waals surface area contributed by atoms with E-state index in [1.807, 2.05) is 12.1 Å². The number of hydrogen-bond acceptors (Lipinski definition) is 2. The Morgan fingerprint density at radius 3 is 2.80 bits per heavy atom. The lowest BCUT2D eigenvalue weighted by molar-refractivity contribution is 0.102. The van der Waals surface area contributed by atoms with Crippen LogP contribution in [-0.4, -0.2) is 19.8 Å². The predicted molar refractivity (Wildman–Crippen MR) is 83.2 cm³/mol. The van der Waals surface area contributed by atoms with E-state index in [4.69, 9.17) is 9.47 Å². The first kappa shape index (κ1) is 14.9. The van der Waals surface area contributed by atoms with Gasteiger partial charge in [0.15, 0.2) is 0 Å². The van der Waals surface area contributed by atoms with Gasteiger partial charge < -0.3 is 9.47 Å². The molecular weight excluding hydrogens is 248 g/mol. The van der Waals surface area contributed by atoms with Crippen molar-refractivity contribution in [2.24, 2.45) is 0 Å². The summed E-state index contributed by atoms with van der Waals surface area (Å²) in [5.41, 5.74) is 4.09. The molecule has 0 N–H and O–H groups in total. The van der Waals surface area contributed by atoms with Gasteiger partial charge in [0.25, 0.3) is 0 Å². The normalized spacial score (nSPS) is 14.9. The zero-order valence-corrected chi connectivity index (χ0v) is 12.5. The maximum Gasteiger partial charge on any atom is 0.122 e. The van der Waals surface area contributed by atoms with Crippen molar-refractivity contribution in [1.29, 1.82) is 0 Å². The van der Waals surface area contributed by atoms with Crippen molar-refractivity contribution in [3.8, 4) is 5.75 Å². The van der Waals surface area contributed by atoms with Crippen LogP contribution < -0.4 is 4.74 Å². The van der Waals surface area contributed by atoms with Crippen molar-refractivity contribution in [2.75, 3.05) is 19.8 Å². The Morgan fingerprint density at radius 2 is 2.10 bits per heavy atom. The Bertz CT molecular complexity index is 480. The molecule has 20 heavy (non-hydrogen) atoms. The molecule has 0 aliphatic carbocycles.